The van der Waals surface area contributed by atoms with E-state index in [0.29, 0.717) is 5.75 Å². The van der Waals surface area contributed by atoms with Gasteiger partial charge in [0.05, 0.1) is 0 Å². The Morgan fingerprint density at radius 3 is 2.21 bits per heavy atom. The molecule has 0 amide bonds. The highest BCUT2D eigenvalue weighted by Gasteiger charge is 2.52. The van der Waals surface area contributed by atoms with E-state index in [4.69, 9.17) is 10.5 Å². The second-order valence-corrected chi connectivity index (χ2v) is 6.85. The lowest BCUT2D eigenvalue weighted by atomic mass is 9.54. The fraction of sp³-hybridized carbons (Fsp3) is 0.625. The minimum absolute atomic E-state index is 0.0589. The molecule has 3 heteroatoms. The molecule has 4 aliphatic carbocycles. The van der Waals surface area contributed by atoms with Gasteiger partial charge in [0.2, 0.25) is 0 Å². The molecule has 4 saturated carbocycles. The molecule has 4 bridgehead atoms. The lowest BCUT2D eigenvalue weighted by Crippen LogP contribution is -2.53. The van der Waals surface area contributed by atoms with Gasteiger partial charge < -0.3 is 10.5 Å². The van der Waals surface area contributed by atoms with E-state index in [2.05, 4.69) is 0 Å². The molecule has 4 aliphatic rings. The predicted molar refractivity (Wildman–Crippen MR) is 72.3 cm³/mol. The second-order valence-electron chi connectivity index (χ2n) is 6.85. The zero-order valence-electron chi connectivity index (χ0n) is 11.1. The summed E-state index contributed by atoms with van der Waals surface area (Å²) < 4.78 is 19.8. The normalized spacial score (nSPS) is 39.5. The van der Waals surface area contributed by atoms with E-state index >= 15 is 0 Å². The van der Waals surface area contributed by atoms with Crippen LogP contribution in [0.1, 0.15) is 38.5 Å². The molecule has 0 saturated heterocycles. The molecule has 0 aliphatic heterocycles. The Morgan fingerprint density at radius 2 is 1.63 bits per heavy atom. The summed E-state index contributed by atoms with van der Waals surface area (Å²) in [7, 11) is 0. The van der Waals surface area contributed by atoms with Crippen LogP contribution >= 0.6 is 0 Å². The first-order valence-corrected chi connectivity index (χ1v) is 7.36. The van der Waals surface area contributed by atoms with Crippen LogP contribution in [0.3, 0.4) is 0 Å². The Labute approximate surface area is 113 Å². The minimum Gasteiger partial charge on any atom is -0.485 e. The molecule has 0 aromatic heterocycles. The van der Waals surface area contributed by atoms with Crippen molar-refractivity contribution in [2.75, 3.05) is 5.73 Å². The summed E-state index contributed by atoms with van der Waals surface area (Å²) in [6, 6.07) is 4.88. The van der Waals surface area contributed by atoms with Gasteiger partial charge in [-0.05, 0) is 68.4 Å². The van der Waals surface area contributed by atoms with Crippen LogP contribution in [0.5, 0.6) is 5.75 Å². The third-order valence-electron chi connectivity index (χ3n) is 5.32. The number of hydrogen-bond donors (Lipinski definition) is 1. The van der Waals surface area contributed by atoms with Crippen LogP contribution in [0.15, 0.2) is 18.2 Å². The van der Waals surface area contributed by atoms with Gasteiger partial charge in [0.25, 0.3) is 0 Å². The lowest BCUT2D eigenvalue weighted by molar-refractivity contribution is -0.107. The number of para-hydroxylation sites is 1. The quantitative estimate of drug-likeness (QED) is 0.823. The number of rotatable bonds is 2. The molecule has 1 aromatic carbocycles. The van der Waals surface area contributed by atoms with Gasteiger partial charge in [0, 0.05) is 0 Å². The van der Waals surface area contributed by atoms with E-state index < -0.39 is 0 Å². The summed E-state index contributed by atoms with van der Waals surface area (Å²) >= 11 is 0. The third kappa shape index (κ3) is 1.82. The van der Waals surface area contributed by atoms with Crippen LogP contribution in [0.25, 0.3) is 0 Å². The van der Waals surface area contributed by atoms with Crippen LogP contribution in [0, 0.1) is 23.6 Å². The average molecular weight is 261 g/mol. The molecular weight excluding hydrogens is 241 g/mol. The van der Waals surface area contributed by atoms with Crippen molar-refractivity contribution in [2.24, 2.45) is 17.8 Å². The number of halogens is 1. The molecule has 5 rings (SSSR count). The number of anilines is 1. The monoisotopic (exact) mass is 261 g/mol. The summed E-state index contributed by atoms with van der Waals surface area (Å²) in [4.78, 5) is 0. The van der Waals surface area contributed by atoms with E-state index in [1.54, 1.807) is 12.1 Å². The summed E-state index contributed by atoms with van der Waals surface area (Å²) in [5, 5.41) is 0. The maximum Gasteiger partial charge on any atom is 0.149 e. The number of nitrogen functional groups attached to an aromatic ring is 1. The zero-order chi connectivity index (χ0) is 13.0. The fourth-order valence-corrected chi connectivity index (χ4v) is 5.00. The van der Waals surface area contributed by atoms with Gasteiger partial charge in [-0.1, -0.05) is 6.07 Å². The lowest BCUT2D eigenvalue weighted by Gasteiger charge is -2.56. The van der Waals surface area contributed by atoms with Crippen LogP contribution in [-0.2, 0) is 0 Å². The van der Waals surface area contributed by atoms with E-state index in [1.807, 2.05) is 0 Å². The molecule has 2 nitrogen and oxygen atoms in total. The molecule has 2 N–H and O–H groups in total. The van der Waals surface area contributed by atoms with Crippen molar-refractivity contribution in [3.05, 3.63) is 24.0 Å². The Balaban J connectivity index is 1.64. The summed E-state index contributed by atoms with van der Waals surface area (Å²) in [5.41, 5.74) is 5.92. The van der Waals surface area contributed by atoms with Crippen molar-refractivity contribution in [3.63, 3.8) is 0 Å². The van der Waals surface area contributed by atoms with Gasteiger partial charge in [0.1, 0.15) is 22.9 Å². The molecule has 102 valence electrons. The van der Waals surface area contributed by atoms with Gasteiger partial charge in [-0.3, -0.25) is 0 Å². The maximum atomic E-state index is 13.5. The van der Waals surface area contributed by atoms with E-state index in [9.17, 15) is 4.39 Å². The van der Waals surface area contributed by atoms with Gasteiger partial charge in [-0.2, -0.15) is 0 Å². The van der Waals surface area contributed by atoms with Crippen LogP contribution in [-0.4, -0.2) is 5.60 Å². The van der Waals surface area contributed by atoms with Gasteiger partial charge in [-0.15, -0.1) is 0 Å². The highest BCUT2D eigenvalue weighted by Crippen LogP contribution is 2.57. The van der Waals surface area contributed by atoms with E-state index in [1.165, 1.54) is 25.3 Å². The molecule has 0 spiro atoms. The number of nitrogens with two attached hydrogens (primary N) is 1. The first kappa shape index (κ1) is 11.6. The fourth-order valence-electron chi connectivity index (χ4n) is 5.00. The van der Waals surface area contributed by atoms with Crippen molar-refractivity contribution in [1.29, 1.82) is 0 Å². The Hall–Kier alpha value is -1.25. The number of benzene rings is 1. The third-order valence-corrected chi connectivity index (χ3v) is 5.32. The van der Waals surface area contributed by atoms with Crippen LogP contribution in [0.4, 0.5) is 10.1 Å². The smallest absolute Gasteiger partial charge is 0.149 e. The molecule has 0 unspecified atom stereocenters. The Kier molecular flexibility index (Phi) is 2.36. The molecule has 19 heavy (non-hydrogen) atoms. The SMILES string of the molecule is Nc1c(F)cccc1OC12CC3CC(CC(C3)C1)C2. The van der Waals surface area contributed by atoms with Gasteiger partial charge in [-0.25, -0.2) is 4.39 Å². The highest BCUT2D eigenvalue weighted by atomic mass is 19.1. The maximum absolute atomic E-state index is 13.5. The molecule has 0 radical (unpaired) electrons. The van der Waals surface area contributed by atoms with Crippen molar-refractivity contribution in [1.82, 2.24) is 0 Å². The minimum atomic E-state index is -0.373. The Bertz CT molecular complexity index is 478. The summed E-state index contributed by atoms with van der Waals surface area (Å²) in [6.45, 7) is 0. The molecular formula is C16H20FNO. The van der Waals surface area contributed by atoms with Crippen LogP contribution in [0.2, 0.25) is 0 Å². The summed E-state index contributed by atoms with van der Waals surface area (Å²) in [5.74, 6) is 2.63. The Morgan fingerprint density at radius 1 is 1.05 bits per heavy atom. The van der Waals surface area contributed by atoms with Gasteiger partial charge in [0.15, 0.2) is 0 Å². The molecule has 0 heterocycles. The largest absolute Gasteiger partial charge is 0.485 e. The van der Waals surface area contributed by atoms with Crippen LogP contribution < -0.4 is 10.5 Å². The topological polar surface area (TPSA) is 35.2 Å². The van der Waals surface area contributed by atoms with E-state index in [-0.39, 0.29) is 17.1 Å². The van der Waals surface area contributed by atoms with Crippen molar-refractivity contribution < 1.29 is 9.13 Å². The first-order chi connectivity index (χ1) is 9.13. The van der Waals surface area contributed by atoms with Crippen molar-refractivity contribution in [3.8, 4) is 5.75 Å². The molecule has 1 aromatic rings. The predicted octanol–water partition coefficient (Wildman–Crippen LogP) is 3.76. The number of ether oxygens (including phenoxy) is 1. The highest BCUT2D eigenvalue weighted by molar-refractivity contribution is 5.53. The van der Waals surface area contributed by atoms with Crippen molar-refractivity contribution >= 4 is 5.69 Å². The molecule has 0 atom stereocenters. The number of hydrogen-bond acceptors (Lipinski definition) is 2. The van der Waals surface area contributed by atoms with E-state index in [0.717, 1.165) is 37.0 Å². The van der Waals surface area contributed by atoms with Crippen molar-refractivity contribution in [2.45, 2.75) is 44.1 Å². The average Bonchev–Trinajstić information content (AvgIpc) is 2.33. The summed E-state index contributed by atoms with van der Waals surface area (Å²) in [6.07, 6.45) is 7.53. The van der Waals surface area contributed by atoms with Gasteiger partial charge >= 0.3 is 0 Å². The second kappa shape index (κ2) is 3.87. The standard InChI is InChI=1S/C16H20FNO/c17-13-2-1-3-14(15(13)18)19-16-7-10-4-11(8-16)6-12(5-10)9-16/h1-3,10-12H,4-9,18H2. The molecule has 4 fully saturated rings. The zero-order valence-corrected chi connectivity index (χ0v) is 11.1. The first-order valence-electron chi connectivity index (χ1n) is 7.36.